The van der Waals surface area contributed by atoms with Gasteiger partial charge in [0, 0.05) is 12.9 Å². The maximum atomic E-state index is 12.2. The highest BCUT2D eigenvalue weighted by Crippen LogP contribution is 2.51. The number of ether oxygens (including phenoxy) is 1. The third-order valence-corrected chi connectivity index (χ3v) is 9.46. The predicted octanol–water partition coefficient (Wildman–Crippen LogP) is -0.822. The summed E-state index contributed by atoms with van der Waals surface area (Å²) in [5, 5.41) is 7.93. The molecule has 0 aliphatic carbocycles. The van der Waals surface area contributed by atoms with Gasteiger partial charge in [0.15, 0.2) is 19.7 Å². The van der Waals surface area contributed by atoms with Crippen LogP contribution in [0.3, 0.4) is 0 Å². The Morgan fingerprint density at radius 2 is 2.11 bits per heavy atom. The average Bonchev–Trinajstić information content (AvgIpc) is 2.23. The van der Waals surface area contributed by atoms with Crippen molar-refractivity contribution in [3.8, 4) is 0 Å². The summed E-state index contributed by atoms with van der Waals surface area (Å²) in [6, 6.07) is 0. The lowest BCUT2D eigenvalue weighted by molar-refractivity contribution is -0.138. The Labute approximate surface area is 105 Å². The van der Waals surface area contributed by atoms with Crippen molar-refractivity contribution in [2.24, 2.45) is 0 Å². The second-order valence-corrected chi connectivity index (χ2v) is 9.63. The number of carboxylic acids is 1. The van der Waals surface area contributed by atoms with Crippen LogP contribution in [-0.2, 0) is 29.2 Å². The summed E-state index contributed by atoms with van der Waals surface area (Å²) >= 11 is 0. The molecule has 0 spiro atoms. The van der Waals surface area contributed by atoms with Crippen LogP contribution in [0, 0.1) is 0 Å². The molecule has 0 unspecified atom stereocenters. The summed E-state index contributed by atoms with van der Waals surface area (Å²) < 4.78 is 50.9. The highest BCUT2D eigenvalue weighted by Gasteiger charge is 2.74. The molecule has 2 aliphatic rings. The number of fused-ring (bicyclic) bond motifs is 1. The molecule has 1 N–H and O–H groups in total. The quantitative estimate of drug-likeness (QED) is 0.723. The van der Waals surface area contributed by atoms with Crippen LogP contribution < -0.4 is 0 Å². The fraction of sp³-hybridized carbons (Fsp3) is 0.889. The van der Waals surface area contributed by atoms with Gasteiger partial charge in [-0.15, -0.1) is 0 Å². The fourth-order valence-corrected chi connectivity index (χ4v) is 8.26. The van der Waals surface area contributed by atoms with Crippen LogP contribution in [0.2, 0.25) is 0 Å². The van der Waals surface area contributed by atoms with Crippen LogP contribution >= 0.6 is 0 Å². The van der Waals surface area contributed by atoms with Gasteiger partial charge >= 0.3 is 5.97 Å². The number of rotatable bonds is 3. The molecule has 18 heavy (non-hydrogen) atoms. The minimum atomic E-state index is -4.09. The van der Waals surface area contributed by atoms with Crippen molar-refractivity contribution in [2.45, 2.75) is 34.7 Å². The summed E-state index contributed by atoms with van der Waals surface area (Å²) in [5.41, 5.74) is 0. The first kappa shape index (κ1) is 13.8. The Hall–Kier alpha value is -0.670. The van der Waals surface area contributed by atoms with Crippen LogP contribution in [0.15, 0.2) is 0 Å². The van der Waals surface area contributed by atoms with E-state index in [4.69, 9.17) is 9.84 Å². The summed E-state index contributed by atoms with van der Waals surface area (Å²) in [6.45, 7) is 0.258. The van der Waals surface area contributed by atoms with Gasteiger partial charge in [-0.25, -0.2) is 16.8 Å². The second-order valence-electron chi connectivity index (χ2n) is 4.67. The lowest BCUT2D eigenvalue weighted by Crippen LogP contribution is -2.75. The van der Waals surface area contributed by atoms with Crippen LogP contribution in [-0.4, -0.2) is 56.2 Å². The van der Waals surface area contributed by atoms with E-state index in [1.54, 1.807) is 0 Å². The molecule has 0 saturated carbocycles. The van der Waals surface area contributed by atoms with Gasteiger partial charge in [-0.3, -0.25) is 4.79 Å². The Morgan fingerprint density at radius 3 is 2.61 bits per heavy atom. The van der Waals surface area contributed by atoms with E-state index in [0.29, 0.717) is 12.8 Å². The molecular weight excluding hydrogens is 284 g/mol. The van der Waals surface area contributed by atoms with Crippen molar-refractivity contribution in [1.29, 1.82) is 0 Å². The zero-order valence-corrected chi connectivity index (χ0v) is 11.3. The molecule has 0 aromatic carbocycles. The lowest BCUT2D eigenvalue weighted by atomic mass is 10.0. The van der Waals surface area contributed by atoms with Gasteiger partial charge in [0.05, 0.1) is 11.7 Å². The predicted molar refractivity (Wildman–Crippen MR) is 61.5 cm³/mol. The van der Waals surface area contributed by atoms with E-state index in [2.05, 4.69) is 0 Å². The molecule has 7 nitrogen and oxygen atoms in total. The highest BCUT2D eigenvalue weighted by atomic mass is 32.3. The van der Waals surface area contributed by atoms with Gasteiger partial charge in [-0.2, -0.15) is 0 Å². The van der Waals surface area contributed by atoms with Crippen molar-refractivity contribution in [2.75, 3.05) is 12.9 Å². The molecule has 3 atom stereocenters. The van der Waals surface area contributed by atoms with E-state index < -0.39 is 47.5 Å². The number of aliphatic carboxylic acids is 1. The maximum absolute atomic E-state index is 12.2. The van der Waals surface area contributed by atoms with Crippen LogP contribution in [0.4, 0.5) is 0 Å². The smallest absolute Gasteiger partial charge is 0.306 e. The molecule has 0 amide bonds. The standard InChI is InChI=1S/C9H14O7S2/c1-17(12,13)9(5-7(10)11)8-6(18(9,14)15)3-2-4-16-8/h6,8H,2-5H2,1H3,(H,10,11)/t6-,8+,9-/m0/s1. The van der Waals surface area contributed by atoms with Gasteiger partial charge in [-0.1, -0.05) is 0 Å². The molecule has 0 radical (unpaired) electrons. The molecule has 104 valence electrons. The molecule has 0 bridgehead atoms. The number of sulfone groups is 2. The number of carboxylic acid groups (broad SMARTS) is 1. The van der Waals surface area contributed by atoms with Gasteiger partial charge in [0.2, 0.25) is 4.08 Å². The van der Waals surface area contributed by atoms with Crippen LogP contribution in [0.5, 0.6) is 0 Å². The molecule has 2 heterocycles. The van der Waals surface area contributed by atoms with E-state index in [1.807, 2.05) is 0 Å². The first-order chi connectivity index (χ1) is 8.14. The zero-order chi connectivity index (χ0) is 13.8. The molecule has 0 aromatic rings. The van der Waals surface area contributed by atoms with Crippen molar-refractivity contribution in [3.05, 3.63) is 0 Å². The Bertz CT molecular complexity index is 576. The van der Waals surface area contributed by atoms with Crippen LogP contribution in [0.25, 0.3) is 0 Å². The molecular formula is C9H14O7S2. The first-order valence-corrected chi connectivity index (χ1v) is 8.85. The summed E-state index contributed by atoms with van der Waals surface area (Å²) in [4.78, 5) is 10.8. The van der Waals surface area contributed by atoms with Crippen molar-refractivity contribution < 1.29 is 31.5 Å². The van der Waals surface area contributed by atoms with Crippen molar-refractivity contribution in [1.82, 2.24) is 0 Å². The molecule has 2 fully saturated rings. The SMILES string of the molecule is CS(=O)(=O)[C@]1(CC(=O)O)[C@@H]2OCCC[C@@H]2S1(=O)=O. The Balaban J connectivity index is 2.57. The monoisotopic (exact) mass is 298 g/mol. The number of carbonyl (C=O) groups is 1. The Kier molecular flexibility index (Phi) is 2.99. The van der Waals surface area contributed by atoms with E-state index in [-0.39, 0.29) is 6.61 Å². The third kappa shape index (κ3) is 1.53. The van der Waals surface area contributed by atoms with E-state index >= 15 is 0 Å². The first-order valence-electron chi connectivity index (χ1n) is 5.41. The number of hydrogen-bond donors (Lipinski definition) is 1. The molecule has 9 heteroatoms. The highest BCUT2D eigenvalue weighted by molar-refractivity contribution is 8.11. The lowest BCUT2D eigenvalue weighted by Gasteiger charge is -2.53. The van der Waals surface area contributed by atoms with Crippen molar-refractivity contribution in [3.63, 3.8) is 0 Å². The Morgan fingerprint density at radius 1 is 1.50 bits per heavy atom. The zero-order valence-electron chi connectivity index (χ0n) is 9.70. The van der Waals surface area contributed by atoms with Crippen LogP contribution in [0.1, 0.15) is 19.3 Å². The van der Waals surface area contributed by atoms with E-state index in [1.165, 1.54) is 0 Å². The largest absolute Gasteiger partial charge is 0.481 e. The summed E-state index contributed by atoms with van der Waals surface area (Å²) in [5.74, 6) is -1.46. The van der Waals surface area contributed by atoms with Gasteiger partial charge in [0.1, 0.15) is 6.10 Å². The fourth-order valence-electron chi connectivity index (χ4n) is 2.79. The van der Waals surface area contributed by atoms with Gasteiger partial charge < -0.3 is 9.84 Å². The summed E-state index contributed by atoms with van der Waals surface area (Å²) in [7, 11) is -8.13. The maximum Gasteiger partial charge on any atom is 0.306 e. The van der Waals surface area contributed by atoms with Crippen molar-refractivity contribution >= 4 is 25.6 Å². The molecule has 0 aromatic heterocycles. The normalized spacial score (nSPS) is 38.5. The minimum absolute atomic E-state index is 0.258. The van der Waals surface area contributed by atoms with E-state index in [0.717, 1.165) is 6.26 Å². The summed E-state index contributed by atoms with van der Waals surface area (Å²) in [6.07, 6.45) is -0.406. The molecule has 2 aliphatic heterocycles. The molecule has 2 saturated heterocycles. The van der Waals surface area contributed by atoms with Gasteiger partial charge in [-0.05, 0) is 12.8 Å². The average molecular weight is 298 g/mol. The minimum Gasteiger partial charge on any atom is -0.481 e. The topological polar surface area (TPSA) is 115 Å². The molecule has 2 rings (SSSR count). The van der Waals surface area contributed by atoms with Gasteiger partial charge in [0.25, 0.3) is 0 Å². The second kappa shape index (κ2) is 3.91. The van der Waals surface area contributed by atoms with E-state index in [9.17, 15) is 21.6 Å². The number of hydrogen-bond acceptors (Lipinski definition) is 6. The third-order valence-electron chi connectivity index (χ3n) is 3.61.